The molecule has 7 nitrogen and oxygen atoms in total. The zero-order valence-electron chi connectivity index (χ0n) is 12.4. The summed E-state index contributed by atoms with van der Waals surface area (Å²) in [5.41, 5.74) is 2.84. The first kappa shape index (κ1) is 14.7. The molecule has 0 saturated heterocycles. The molecule has 7 heteroatoms. The molecule has 23 heavy (non-hydrogen) atoms. The topological polar surface area (TPSA) is 101 Å². The number of nitrogens with zero attached hydrogens (tertiary/aromatic N) is 2. The number of carbonyl (C=O) groups is 1. The van der Waals surface area contributed by atoms with E-state index in [4.69, 9.17) is 0 Å². The van der Waals surface area contributed by atoms with Crippen LogP contribution >= 0.6 is 0 Å². The van der Waals surface area contributed by atoms with Crippen LogP contribution in [-0.2, 0) is 6.54 Å². The highest BCUT2D eigenvalue weighted by Gasteiger charge is 2.11. The number of aromatic nitrogens is 2. The van der Waals surface area contributed by atoms with Gasteiger partial charge < -0.3 is 10.3 Å². The fraction of sp³-hybridized carbons (Fsp3) is 0.125. The summed E-state index contributed by atoms with van der Waals surface area (Å²) in [6.45, 7) is 2.17. The molecule has 0 aliphatic heterocycles. The van der Waals surface area contributed by atoms with Gasteiger partial charge in [0.05, 0.1) is 22.5 Å². The molecule has 0 aliphatic carbocycles. The average Bonchev–Trinajstić information content (AvgIpc) is 2.95. The number of aryl methyl sites for hydroxylation is 1. The van der Waals surface area contributed by atoms with Gasteiger partial charge in [-0.3, -0.25) is 14.9 Å². The third kappa shape index (κ3) is 3.18. The first-order valence-corrected chi connectivity index (χ1v) is 7.01. The Kier molecular flexibility index (Phi) is 3.76. The largest absolute Gasteiger partial charge is 0.345 e. The number of amides is 1. The van der Waals surface area contributed by atoms with Crippen LogP contribution in [0.2, 0.25) is 0 Å². The maximum Gasteiger partial charge on any atom is 0.271 e. The number of imidazole rings is 1. The first-order chi connectivity index (χ1) is 11.0. The van der Waals surface area contributed by atoms with E-state index in [1.165, 1.54) is 12.1 Å². The lowest BCUT2D eigenvalue weighted by atomic mass is 10.1. The van der Waals surface area contributed by atoms with E-state index >= 15 is 0 Å². The smallest absolute Gasteiger partial charge is 0.271 e. The van der Waals surface area contributed by atoms with Gasteiger partial charge >= 0.3 is 0 Å². The third-order valence-corrected chi connectivity index (χ3v) is 3.46. The molecule has 0 radical (unpaired) electrons. The number of carbonyl (C=O) groups excluding carboxylic acids is 1. The highest BCUT2D eigenvalue weighted by molar-refractivity contribution is 5.94. The number of hydrogen-bond donors (Lipinski definition) is 2. The van der Waals surface area contributed by atoms with Crippen LogP contribution in [-0.4, -0.2) is 20.8 Å². The van der Waals surface area contributed by atoms with Crippen molar-refractivity contribution >= 4 is 22.6 Å². The Morgan fingerprint density at radius 3 is 2.70 bits per heavy atom. The number of benzene rings is 2. The van der Waals surface area contributed by atoms with Crippen molar-refractivity contribution in [2.45, 2.75) is 13.5 Å². The fourth-order valence-electron chi connectivity index (χ4n) is 2.22. The molecule has 0 bridgehead atoms. The van der Waals surface area contributed by atoms with Gasteiger partial charge in [0.25, 0.3) is 11.6 Å². The van der Waals surface area contributed by atoms with Gasteiger partial charge in [-0.2, -0.15) is 0 Å². The van der Waals surface area contributed by atoms with Crippen LogP contribution in [0.25, 0.3) is 11.0 Å². The van der Waals surface area contributed by atoms with E-state index in [2.05, 4.69) is 15.3 Å². The molecule has 0 atom stereocenters. The summed E-state index contributed by atoms with van der Waals surface area (Å²) in [6.07, 6.45) is 0. The van der Waals surface area contributed by atoms with Crippen molar-refractivity contribution in [1.82, 2.24) is 15.3 Å². The van der Waals surface area contributed by atoms with Crippen LogP contribution in [0.4, 0.5) is 5.69 Å². The van der Waals surface area contributed by atoms with Crippen LogP contribution in [0, 0.1) is 17.0 Å². The molecule has 0 aliphatic rings. The van der Waals surface area contributed by atoms with Gasteiger partial charge in [0.15, 0.2) is 0 Å². The Hall–Kier alpha value is -3.22. The lowest BCUT2D eigenvalue weighted by Gasteiger charge is -2.03. The van der Waals surface area contributed by atoms with Gasteiger partial charge in [-0.05, 0) is 25.1 Å². The standard InChI is InChI=1S/C16H14N4O3/c1-10-2-4-11(5-3-10)16(21)17-9-15-18-13-7-6-12(20(22)23)8-14(13)19-15/h2-8H,9H2,1H3,(H,17,21)(H,18,19). The quantitative estimate of drug-likeness (QED) is 0.571. The molecule has 0 fully saturated rings. The molecule has 2 aromatic carbocycles. The van der Waals surface area contributed by atoms with Crippen molar-refractivity contribution in [2.24, 2.45) is 0 Å². The Bertz CT molecular complexity index is 884. The number of nitro benzene ring substituents is 1. The zero-order valence-corrected chi connectivity index (χ0v) is 12.4. The SMILES string of the molecule is Cc1ccc(C(=O)NCc2nc3ccc([N+](=O)[O-])cc3[nH]2)cc1. The van der Waals surface area contributed by atoms with Gasteiger partial charge in [-0.1, -0.05) is 17.7 Å². The monoisotopic (exact) mass is 310 g/mol. The summed E-state index contributed by atoms with van der Waals surface area (Å²) >= 11 is 0. The molecule has 3 rings (SSSR count). The van der Waals surface area contributed by atoms with Crippen LogP contribution < -0.4 is 5.32 Å². The van der Waals surface area contributed by atoms with Gasteiger partial charge in [0.1, 0.15) is 5.82 Å². The molecule has 1 aromatic heterocycles. The number of aromatic amines is 1. The van der Waals surface area contributed by atoms with E-state index in [0.717, 1.165) is 5.56 Å². The Morgan fingerprint density at radius 2 is 2.00 bits per heavy atom. The molecular weight excluding hydrogens is 296 g/mol. The Labute approximate surface area is 131 Å². The number of nitrogens with one attached hydrogen (secondary N) is 2. The van der Waals surface area contributed by atoms with E-state index in [1.54, 1.807) is 18.2 Å². The van der Waals surface area contributed by atoms with E-state index < -0.39 is 4.92 Å². The molecule has 1 amide bonds. The van der Waals surface area contributed by atoms with Crippen LogP contribution in [0.15, 0.2) is 42.5 Å². The predicted octanol–water partition coefficient (Wildman–Crippen LogP) is 2.71. The van der Waals surface area contributed by atoms with E-state index in [-0.39, 0.29) is 18.1 Å². The van der Waals surface area contributed by atoms with E-state index in [1.807, 2.05) is 19.1 Å². The van der Waals surface area contributed by atoms with Crippen molar-refractivity contribution in [3.63, 3.8) is 0 Å². The first-order valence-electron chi connectivity index (χ1n) is 7.01. The molecule has 1 heterocycles. The lowest BCUT2D eigenvalue weighted by Crippen LogP contribution is -2.23. The molecule has 2 N–H and O–H groups in total. The number of nitro groups is 1. The van der Waals surface area contributed by atoms with E-state index in [0.29, 0.717) is 22.4 Å². The summed E-state index contributed by atoms with van der Waals surface area (Å²) in [5.74, 6) is 0.345. The molecule has 0 saturated carbocycles. The number of H-pyrrole nitrogens is 1. The Morgan fingerprint density at radius 1 is 1.26 bits per heavy atom. The zero-order chi connectivity index (χ0) is 16.4. The predicted molar refractivity (Wildman–Crippen MR) is 85.1 cm³/mol. The lowest BCUT2D eigenvalue weighted by molar-refractivity contribution is -0.384. The second kappa shape index (κ2) is 5.88. The van der Waals surface area contributed by atoms with Gasteiger partial charge in [0.2, 0.25) is 0 Å². The van der Waals surface area contributed by atoms with Gasteiger partial charge in [-0.25, -0.2) is 4.98 Å². The van der Waals surface area contributed by atoms with E-state index in [9.17, 15) is 14.9 Å². The highest BCUT2D eigenvalue weighted by Crippen LogP contribution is 2.18. The molecular formula is C16H14N4O3. The number of non-ortho nitro benzene ring substituents is 1. The van der Waals surface area contributed by atoms with Crippen molar-refractivity contribution in [1.29, 1.82) is 0 Å². The average molecular weight is 310 g/mol. The second-order valence-electron chi connectivity index (χ2n) is 5.19. The van der Waals surface area contributed by atoms with Crippen molar-refractivity contribution in [3.05, 3.63) is 69.5 Å². The van der Waals surface area contributed by atoms with Crippen LogP contribution in [0.1, 0.15) is 21.7 Å². The van der Waals surface area contributed by atoms with Crippen molar-refractivity contribution in [2.75, 3.05) is 0 Å². The maximum absolute atomic E-state index is 12.0. The van der Waals surface area contributed by atoms with Gasteiger partial charge in [0, 0.05) is 17.7 Å². The van der Waals surface area contributed by atoms with Crippen LogP contribution in [0.3, 0.4) is 0 Å². The van der Waals surface area contributed by atoms with Crippen molar-refractivity contribution in [3.8, 4) is 0 Å². The normalized spacial score (nSPS) is 10.7. The second-order valence-corrected chi connectivity index (χ2v) is 5.19. The minimum absolute atomic E-state index is 0.00334. The van der Waals surface area contributed by atoms with Crippen LogP contribution in [0.5, 0.6) is 0 Å². The summed E-state index contributed by atoms with van der Waals surface area (Å²) in [5, 5.41) is 13.5. The molecule has 116 valence electrons. The minimum Gasteiger partial charge on any atom is -0.345 e. The third-order valence-electron chi connectivity index (χ3n) is 3.46. The number of hydrogen-bond acceptors (Lipinski definition) is 4. The maximum atomic E-state index is 12.0. The summed E-state index contributed by atoms with van der Waals surface area (Å²) < 4.78 is 0. The van der Waals surface area contributed by atoms with Crippen molar-refractivity contribution < 1.29 is 9.72 Å². The van der Waals surface area contributed by atoms with Gasteiger partial charge in [-0.15, -0.1) is 0 Å². The number of rotatable bonds is 4. The minimum atomic E-state index is -0.459. The summed E-state index contributed by atoms with van der Waals surface area (Å²) in [4.78, 5) is 29.6. The summed E-state index contributed by atoms with van der Waals surface area (Å²) in [7, 11) is 0. The molecule has 3 aromatic rings. The number of fused-ring (bicyclic) bond motifs is 1. The molecule has 0 unspecified atom stereocenters. The summed E-state index contributed by atoms with van der Waals surface area (Å²) in [6, 6.07) is 11.7. The fourth-order valence-corrected chi connectivity index (χ4v) is 2.22. The Balaban J connectivity index is 1.72. The molecule has 0 spiro atoms. The highest BCUT2D eigenvalue weighted by atomic mass is 16.6.